The molecule has 1 saturated heterocycles. The fourth-order valence-corrected chi connectivity index (χ4v) is 0.808. The fourth-order valence-electron chi connectivity index (χ4n) is 0.808. The lowest BCUT2D eigenvalue weighted by molar-refractivity contribution is -0.251. The lowest BCUT2D eigenvalue weighted by atomic mass is 9.96. The molecule has 2 atom stereocenters. The Labute approximate surface area is 68.8 Å². The van der Waals surface area contributed by atoms with Crippen LogP contribution in [0.25, 0.3) is 0 Å². The highest BCUT2D eigenvalue weighted by molar-refractivity contribution is 5.86. The van der Waals surface area contributed by atoms with Crippen LogP contribution < -0.4 is 11.5 Å². The summed E-state index contributed by atoms with van der Waals surface area (Å²) in [5, 5.41) is 0. The second kappa shape index (κ2) is 2.72. The molecule has 0 bridgehead atoms. The molecule has 0 aliphatic carbocycles. The van der Waals surface area contributed by atoms with Crippen molar-refractivity contribution in [1.82, 2.24) is 0 Å². The van der Waals surface area contributed by atoms with Gasteiger partial charge in [-0.3, -0.25) is 9.59 Å². The second-order valence-electron chi connectivity index (χ2n) is 2.66. The normalized spacial score (nSPS) is 33.7. The first-order chi connectivity index (χ1) is 5.47. The number of amides is 1. The average Bonchev–Trinajstić information content (AvgIpc) is 1.96. The van der Waals surface area contributed by atoms with Gasteiger partial charge >= 0.3 is 5.97 Å². The van der Waals surface area contributed by atoms with Gasteiger partial charge in [0.2, 0.25) is 12.2 Å². The summed E-state index contributed by atoms with van der Waals surface area (Å²) in [6.45, 7) is 1.18. The average molecular weight is 174 g/mol. The molecule has 0 aromatic carbocycles. The number of rotatable bonds is 2. The minimum absolute atomic E-state index is 0.0136. The number of nitrogens with two attached hydrogens (primary N) is 2. The summed E-state index contributed by atoms with van der Waals surface area (Å²) in [4.78, 5) is 21.2. The molecule has 1 amide bonds. The first-order valence-electron chi connectivity index (χ1n) is 3.34. The summed E-state index contributed by atoms with van der Waals surface area (Å²) in [5.41, 5.74) is 9.07. The highest BCUT2D eigenvalue weighted by Crippen LogP contribution is 2.23. The topological polar surface area (TPSA) is 105 Å². The van der Waals surface area contributed by atoms with Gasteiger partial charge in [-0.05, 0) is 0 Å². The number of primary amides is 1. The predicted octanol–water partition coefficient (Wildman–Crippen LogP) is -1.91. The Morgan fingerprint density at radius 2 is 2.25 bits per heavy atom. The Hall–Kier alpha value is -1.14. The monoisotopic (exact) mass is 174 g/mol. The van der Waals surface area contributed by atoms with Gasteiger partial charge in [0.05, 0.1) is 6.61 Å². The Morgan fingerprint density at radius 3 is 2.50 bits per heavy atom. The standard InChI is InChI=1S/C6H10N2O4/c1-3(9)12-5-6(8,2-11-5)4(7)10/h5H,2,8H2,1H3,(H2,7,10). The first-order valence-corrected chi connectivity index (χ1v) is 3.34. The number of carbonyl (C=O) groups excluding carboxylic acids is 2. The summed E-state index contributed by atoms with van der Waals surface area (Å²) in [7, 11) is 0. The van der Waals surface area contributed by atoms with Crippen molar-refractivity contribution in [3.63, 3.8) is 0 Å². The van der Waals surface area contributed by atoms with E-state index in [1.54, 1.807) is 0 Å². The van der Waals surface area contributed by atoms with E-state index in [-0.39, 0.29) is 6.61 Å². The maximum atomic E-state index is 10.7. The summed E-state index contributed by atoms with van der Waals surface area (Å²) in [6.07, 6.45) is -1.03. The van der Waals surface area contributed by atoms with E-state index in [1.165, 1.54) is 6.92 Å². The Kier molecular flexibility index (Phi) is 2.03. The molecule has 0 radical (unpaired) electrons. The molecule has 1 heterocycles. The number of carbonyl (C=O) groups is 2. The van der Waals surface area contributed by atoms with Crippen molar-refractivity contribution in [3.05, 3.63) is 0 Å². The molecular formula is C6H10N2O4. The molecule has 4 N–H and O–H groups in total. The molecule has 2 unspecified atom stereocenters. The zero-order valence-electron chi connectivity index (χ0n) is 6.57. The Balaban J connectivity index is 2.59. The van der Waals surface area contributed by atoms with Gasteiger partial charge in [0.1, 0.15) is 0 Å². The molecule has 6 nitrogen and oxygen atoms in total. The van der Waals surface area contributed by atoms with E-state index in [4.69, 9.17) is 16.2 Å². The van der Waals surface area contributed by atoms with Gasteiger partial charge in [0.25, 0.3) is 0 Å². The highest BCUT2D eigenvalue weighted by Gasteiger charge is 2.53. The van der Waals surface area contributed by atoms with Crippen molar-refractivity contribution in [2.45, 2.75) is 18.8 Å². The van der Waals surface area contributed by atoms with Crippen LogP contribution in [-0.4, -0.2) is 30.3 Å². The maximum Gasteiger partial charge on any atom is 0.305 e. The van der Waals surface area contributed by atoms with Crippen molar-refractivity contribution in [2.75, 3.05) is 6.61 Å². The molecule has 6 heteroatoms. The van der Waals surface area contributed by atoms with Gasteiger partial charge in [-0.25, -0.2) is 0 Å². The summed E-state index contributed by atoms with van der Waals surface area (Å²) in [6, 6.07) is 0. The van der Waals surface area contributed by atoms with E-state index in [2.05, 4.69) is 4.74 Å². The molecule has 12 heavy (non-hydrogen) atoms. The van der Waals surface area contributed by atoms with Gasteiger partial charge < -0.3 is 20.9 Å². The molecule has 1 fully saturated rings. The van der Waals surface area contributed by atoms with Crippen LogP contribution in [0.15, 0.2) is 0 Å². The van der Waals surface area contributed by atoms with Crippen molar-refractivity contribution >= 4 is 11.9 Å². The minimum Gasteiger partial charge on any atom is -0.433 e. The molecule has 0 spiro atoms. The predicted molar refractivity (Wildman–Crippen MR) is 37.6 cm³/mol. The molecule has 1 aliphatic rings. The van der Waals surface area contributed by atoms with Gasteiger partial charge in [-0.15, -0.1) is 0 Å². The lowest BCUT2D eigenvalue weighted by Gasteiger charge is -2.41. The summed E-state index contributed by atoms with van der Waals surface area (Å²) >= 11 is 0. The third-order valence-electron chi connectivity index (χ3n) is 1.63. The molecule has 68 valence electrons. The SMILES string of the molecule is CC(=O)OC1OCC1(N)C(N)=O. The molecule has 1 rings (SSSR count). The zero-order chi connectivity index (χ0) is 9.35. The largest absolute Gasteiger partial charge is 0.433 e. The smallest absolute Gasteiger partial charge is 0.305 e. The van der Waals surface area contributed by atoms with Crippen LogP contribution >= 0.6 is 0 Å². The van der Waals surface area contributed by atoms with Gasteiger partial charge in [-0.2, -0.15) is 0 Å². The third kappa shape index (κ3) is 1.26. The van der Waals surface area contributed by atoms with Gasteiger partial charge in [-0.1, -0.05) is 0 Å². The third-order valence-corrected chi connectivity index (χ3v) is 1.63. The van der Waals surface area contributed by atoms with Crippen LogP contribution in [0.1, 0.15) is 6.92 Å². The van der Waals surface area contributed by atoms with Crippen LogP contribution in [0.4, 0.5) is 0 Å². The highest BCUT2D eigenvalue weighted by atomic mass is 16.7. The van der Waals surface area contributed by atoms with Crippen LogP contribution in [0.3, 0.4) is 0 Å². The van der Waals surface area contributed by atoms with E-state index in [0.29, 0.717) is 0 Å². The van der Waals surface area contributed by atoms with Crippen molar-refractivity contribution in [3.8, 4) is 0 Å². The van der Waals surface area contributed by atoms with Crippen LogP contribution in [-0.2, 0) is 19.1 Å². The first kappa shape index (κ1) is 8.95. The molecule has 0 aromatic rings. The summed E-state index contributed by atoms with van der Waals surface area (Å²) in [5.74, 6) is -1.30. The quantitative estimate of drug-likeness (QED) is 0.475. The Morgan fingerprint density at radius 1 is 1.67 bits per heavy atom. The van der Waals surface area contributed by atoms with E-state index in [9.17, 15) is 9.59 Å². The molecule has 1 aliphatic heterocycles. The Bertz CT molecular complexity index is 230. The van der Waals surface area contributed by atoms with Crippen molar-refractivity contribution in [1.29, 1.82) is 0 Å². The zero-order valence-corrected chi connectivity index (χ0v) is 6.57. The number of hydrogen-bond donors (Lipinski definition) is 2. The summed E-state index contributed by atoms with van der Waals surface area (Å²) < 4.78 is 9.33. The number of ether oxygens (including phenoxy) is 2. The second-order valence-corrected chi connectivity index (χ2v) is 2.66. The van der Waals surface area contributed by atoms with Crippen molar-refractivity contribution in [2.24, 2.45) is 11.5 Å². The number of hydrogen-bond acceptors (Lipinski definition) is 5. The fraction of sp³-hybridized carbons (Fsp3) is 0.667. The van der Waals surface area contributed by atoms with Crippen LogP contribution in [0, 0.1) is 0 Å². The van der Waals surface area contributed by atoms with Crippen LogP contribution in [0.2, 0.25) is 0 Å². The van der Waals surface area contributed by atoms with E-state index < -0.39 is 23.7 Å². The molecule has 0 saturated carbocycles. The van der Waals surface area contributed by atoms with E-state index in [1.807, 2.05) is 0 Å². The minimum atomic E-state index is -1.36. The maximum absolute atomic E-state index is 10.7. The van der Waals surface area contributed by atoms with E-state index >= 15 is 0 Å². The van der Waals surface area contributed by atoms with Gasteiger partial charge in [0, 0.05) is 6.92 Å². The van der Waals surface area contributed by atoms with E-state index in [0.717, 1.165) is 0 Å². The lowest BCUT2D eigenvalue weighted by Crippen LogP contribution is -2.72. The molecular weight excluding hydrogens is 164 g/mol. The number of esters is 1. The van der Waals surface area contributed by atoms with Crippen molar-refractivity contribution < 1.29 is 19.1 Å². The molecule has 0 aromatic heterocycles. The van der Waals surface area contributed by atoms with Crippen LogP contribution in [0.5, 0.6) is 0 Å². The van der Waals surface area contributed by atoms with Gasteiger partial charge in [0.15, 0.2) is 5.54 Å².